The molecule has 0 aromatic heterocycles. The van der Waals surface area contributed by atoms with E-state index in [0.717, 1.165) is 11.8 Å². The Morgan fingerprint density at radius 3 is 2.71 bits per heavy atom. The van der Waals surface area contributed by atoms with Gasteiger partial charge in [0.05, 0.1) is 18.8 Å². The van der Waals surface area contributed by atoms with Crippen LogP contribution in [0.15, 0.2) is 12.1 Å². The zero-order valence-corrected chi connectivity index (χ0v) is 9.77. The van der Waals surface area contributed by atoms with E-state index in [2.05, 4.69) is 0 Å². The maximum Gasteiger partial charge on any atom is 0.194 e. The standard InChI is InChI=1S/C11H12F3NOS/c12-7-2-1-6(9(13)10(7)14)11(15)8-5-17-4-3-16-8/h1-2,8,11H,3-5,15H2. The van der Waals surface area contributed by atoms with E-state index >= 15 is 0 Å². The molecule has 0 amide bonds. The summed E-state index contributed by atoms with van der Waals surface area (Å²) in [6, 6.07) is 1.27. The lowest BCUT2D eigenvalue weighted by atomic mass is 10.0. The summed E-state index contributed by atoms with van der Waals surface area (Å²) in [4.78, 5) is 0. The average molecular weight is 263 g/mol. The molecule has 2 atom stereocenters. The van der Waals surface area contributed by atoms with Gasteiger partial charge in [0.1, 0.15) is 0 Å². The molecule has 1 aromatic rings. The summed E-state index contributed by atoms with van der Waals surface area (Å²) >= 11 is 1.64. The van der Waals surface area contributed by atoms with Crippen LogP contribution < -0.4 is 5.73 Å². The van der Waals surface area contributed by atoms with E-state index in [1.807, 2.05) is 0 Å². The summed E-state index contributed by atoms with van der Waals surface area (Å²) in [7, 11) is 0. The Balaban J connectivity index is 2.24. The van der Waals surface area contributed by atoms with Gasteiger partial charge in [-0.15, -0.1) is 0 Å². The number of benzene rings is 1. The molecular formula is C11H12F3NOS. The quantitative estimate of drug-likeness (QED) is 0.831. The van der Waals surface area contributed by atoms with Gasteiger partial charge in [0.25, 0.3) is 0 Å². The van der Waals surface area contributed by atoms with Gasteiger partial charge in [-0.3, -0.25) is 0 Å². The average Bonchev–Trinajstić information content (AvgIpc) is 2.36. The van der Waals surface area contributed by atoms with Crippen LogP contribution in [0, 0.1) is 17.5 Å². The zero-order chi connectivity index (χ0) is 12.4. The third kappa shape index (κ3) is 2.59. The fourth-order valence-corrected chi connectivity index (χ4v) is 2.63. The molecule has 1 fully saturated rings. The van der Waals surface area contributed by atoms with Gasteiger partial charge >= 0.3 is 0 Å². The van der Waals surface area contributed by atoms with Gasteiger partial charge in [-0.2, -0.15) is 11.8 Å². The van der Waals surface area contributed by atoms with Crippen LogP contribution in [0.5, 0.6) is 0 Å². The van der Waals surface area contributed by atoms with Crippen molar-refractivity contribution in [2.75, 3.05) is 18.1 Å². The fourth-order valence-electron chi connectivity index (χ4n) is 1.71. The zero-order valence-electron chi connectivity index (χ0n) is 8.96. The van der Waals surface area contributed by atoms with Crippen molar-refractivity contribution in [3.8, 4) is 0 Å². The Bertz CT molecular complexity index is 410. The Morgan fingerprint density at radius 2 is 2.06 bits per heavy atom. The predicted molar refractivity (Wildman–Crippen MR) is 60.3 cm³/mol. The van der Waals surface area contributed by atoms with E-state index < -0.39 is 23.5 Å². The minimum atomic E-state index is -1.48. The van der Waals surface area contributed by atoms with Gasteiger partial charge in [-0.25, -0.2) is 13.2 Å². The number of ether oxygens (including phenoxy) is 1. The summed E-state index contributed by atoms with van der Waals surface area (Å²) in [5, 5.41) is 0. The lowest BCUT2D eigenvalue weighted by molar-refractivity contribution is 0.0559. The number of halogens is 3. The first-order chi connectivity index (χ1) is 8.11. The molecular weight excluding hydrogens is 251 g/mol. The summed E-state index contributed by atoms with van der Waals surface area (Å²) in [6.07, 6.45) is -0.367. The van der Waals surface area contributed by atoms with Crippen molar-refractivity contribution in [3.05, 3.63) is 35.1 Å². The minimum absolute atomic E-state index is 0.0450. The van der Waals surface area contributed by atoms with Crippen LogP contribution in [0.3, 0.4) is 0 Å². The second-order valence-electron chi connectivity index (χ2n) is 3.77. The molecule has 1 saturated heterocycles. The van der Waals surface area contributed by atoms with Gasteiger partial charge in [-0.1, -0.05) is 6.07 Å². The predicted octanol–water partition coefficient (Wildman–Crippen LogP) is 2.24. The van der Waals surface area contributed by atoms with E-state index in [1.54, 1.807) is 11.8 Å². The van der Waals surface area contributed by atoms with Gasteiger partial charge in [-0.05, 0) is 6.07 Å². The van der Waals surface area contributed by atoms with Crippen molar-refractivity contribution in [1.29, 1.82) is 0 Å². The van der Waals surface area contributed by atoms with Crippen LogP contribution in [-0.4, -0.2) is 24.2 Å². The van der Waals surface area contributed by atoms with Crippen molar-refractivity contribution in [1.82, 2.24) is 0 Å². The molecule has 0 radical (unpaired) electrons. The van der Waals surface area contributed by atoms with E-state index in [9.17, 15) is 13.2 Å². The maximum absolute atomic E-state index is 13.5. The molecule has 2 nitrogen and oxygen atoms in total. The highest BCUT2D eigenvalue weighted by molar-refractivity contribution is 7.99. The van der Waals surface area contributed by atoms with Crippen molar-refractivity contribution in [3.63, 3.8) is 0 Å². The topological polar surface area (TPSA) is 35.2 Å². The smallest absolute Gasteiger partial charge is 0.194 e. The van der Waals surface area contributed by atoms with Crippen LogP contribution in [0.2, 0.25) is 0 Å². The fraction of sp³-hybridized carbons (Fsp3) is 0.455. The Labute approximate surface area is 101 Å². The molecule has 94 valence electrons. The van der Waals surface area contributed by atoms with E-state index in [1.165, 1.54) is 6.07 Å². The summed E-state index contributed by atoms with van der Waals surface area (Å²) in [5.74, 6) is -2.43. The van der Waals surface area contributed by atoms with Gasteiger partial charge in [0.15, 0.2) is 17.5 Å². The monoisotopic (exact) mass is 263 g/mol. The third-order valence-corrected chi connectivity index (χ3v) is 3.69. The Morgan fingerprint density at radius 1 is 1.29 bits per heavy atom. The highest BCUT2D eigenvalue weighted by Crippen LogP contribution is 2.27. The molecule has 1 heterocycles. The number of nitrogens with two attached hydrogens (primary N) is 1. The summed E-state index contributed by atoms with van der Waals surface area (Å²) in [6.45, 7) is 0.536. The molecule has 17 heavy (non-hydrogen) atoms. The van der Waals surface area contributed by atoms with Gasteiger partial charge in [0.2, 0.25) is 0 Å². The number of hydrogen-bond donors (Lipinski definition) is 1. The minimum Gasteiger partial charge on any atom is -0.375 e. The SMILES string of the molecule is NC(c1ccc(F)c(F)c1F)C1CSCCO1. The second-order valence-corrected chi connectivity index (χ2v) is 4.92. The van der Waals surface area contributed by atoms with Crippen LogP contribution >= 0.6 is 11.8 Å². The number of thioether (sulfide) groups is 1. The first-order valence-electron chi connectivity index (χ1n) is 5.19. The maximum atomic E-state index is 13.5. The largest absolute Gasteiger partial charge is 0.375 e. The molecule has 1 aromatic carbocycles. The van der Waals surface area contributed by atoms with Crippen molar-refractivity contribution in [2.24, 2.45) is 5.73 Å². The lowest BCUT2D eigenvalue weighted by Crippen LogP contribution is -2.35. The van der Waals surface area contributed by atoms with Gasteiger partial charge < -0.3 is 10.5 Å². The molecule has 2 rings (SSSR count). The number of hydrogen-bond acceptors (Lipinski definition) is 3. The highest BCUT2D eigenvalue weighted by Gasteiger charge is 2.27. The van der Waals surface area contributed by atoms with Crippen molar-refractivity contribution >= 4 is 11.8 Å². The molecule has 0 saturated carbocycles. The van der Waals surface area contributed by atoms with Crippen molar-refractivity contribution in [2.45, 2.75) is 12.1 Å². The summed E-state index contributed by atoms with van der Waals surface area (Å²) in [5.41, 5.74) is 5.78. The molecule has 1 aliphatic rings. The number of rotatable bonds is 2. The highest BCUT2D eigenvalue weighted by atomic mass is 32.2. The van der Waals surface area contributed by atoms with E-state index in [0.29, 0.717) is 12.4 Å². The molecule has 6 heteroatoms. The lowest BCUT2D eigenvalue weighted by Gasteiger charge is -2.28. The van der Waals surface area contributed by atoms with E-state index in [-0.39, 0.29) is 11.7 Å². The Kier molecular flexibility index (Phi) is 3.96. The summed E-state index contributed by atoms with van der Waals surface area (Å²) < 4.78 is 44.7. The van der Waals surface area contributed by atoms with Crippen LogP contribution in [-0.2, 0) is 4.74 Å². The molecule has 2 N–H and O–H groups in total. The molecule has 2 unspecified atom stereocenters. The van der Waals surface area contributed by atoms with E-state index in [4.69, 9.17) is 10.5 Å². The first-order valence-corrected chi connectivity index (χ1v) is 6.35. The van der Waals surface area contributed by atoms with Crippen LogP contribution in [0.1, 0.15) is 11.6 Å². The molecule has 1 aliphatic heterocycles. The van der Waals surface area contributed by atoms with Gasteiger partial charge in [0, 0.05) is 17.1 Å². The first kappa shape index (κ1) is 12.7. The van der Waals surface area contributed by atoms with Crippen LogP contribution in [0.25, 0.3) is 0 Å². The second kappa shape index (κ2) is 5.29. The van der Waals surface area contributed by atoms with Crippen molar-refractivity contribution < 1.29 is 17.9 Å². The Hall–Kier alpha value is -0.720. The molecule has 0 spiro atoms. The molecule has 0 bridgehead atoms. The third-order valence-electron chi connectivity index (χ3n) is 2.67. The molecule has 0 aliphatic carbocycles. The normalized spacial score (nSPS) is 22.5. The van der Waals surface area contributed by atoms with Crippen LogP contribution in [0.4, 0.5) is 13.2 Å².